The van der Waals surface area contributed by atoms with Crippen LogP contribution < -0.4 is 10.1 Å². The van der Waals surface area contributed by atoms with Gasteiger partial charge in [0.2, 0.25) is 0 Å². The first-order valence-electron chi connectivity index (χ1n) is 12.0. The summed E-state index contributed by atoms with van der Waals surface area (Å²) in [4.78, 5) is 4.45. The number of rotatable bonds is 12. The number of aliphatic hydroxyl groups excluding tert-OH is 1. The van der Waals surface area contributed by atoms with Crippen LogP contribution in [0.5, 0.6) is 6.01 Å². The lowest BCUT2D eigenvalue weighted by molar-refractivity contribution is 0.0348. The van der Waals surface area contributed by atoms with Crippen molar-refractivity contribution in [1.82, 2.24) is 14.8 Å². The zero-order chi connectivity index (χ0) is 25.3. The maximum atomic E-state index is 14.6. The molecule has 0 aliphatic carbocycles. The number of nitrogens with zero attached hydrogens (tertiary/aromatic N) is 3. The van der Waals surface area contributed by atoms with Gasteiger partial charge in [-0.05, 0) is 47.9 Å². The molecule has 1 aromatic heterocycles. The van der Waals surface area contributed by atoms with Crippen LogP contribution in [0.2, 0.25) is 0 Å². The normalized spacial score (nSPS) is 12.0. The number of ether oxygens (including phenoxy) is 2. The van der Waals surface area contributed by atoms with Crippen LogP contribution in [-0.4, -0.2) is 45.7 Å². The maximum absolute atomic E-state index is 14.6. The summed E-state index contributed by atoms with van der Waals surface area (Å²) in [6, 6.07) is 23.9. The highest BCUT2D eigenvalue weighted by molar-refractivity contribution is 5.60. The molecule has 1 heterocycles. The molecule has 7 nitrogen and oxygen atoms in total. The van der Waals surface area contributed by atoms with Gasteiger partial charge in [0.1, 0.15) is 5.82 Å². The minimum atomic E-state index is -0.656. The molecular formula is C28H31FN4O3. The molecule has 0 spiro atoms. The van der Waals surface area contributed by atoms with E-state index in [1.807, 2.05) is 68.4 Å². The first-order chi connectivity index (χ1) is 17.5. The average Bonchev–Trinajstić information content (AvgIpc) is 3.31. The number of anilines is 1. The molecule has 0 unspecified atom stereocenters. The van der Waals surface area contributed by atoms with Crippen molar-refractivity contribution < 1.29 is 19.0 Å². The monoisotopic (exact) mass is 490 g/mol. The van der Waals surface area contributed by atoms with Crippen LogP contribution in [0, 0.1) is 11.7 Å². The summed E-state index contributed by atoms with van der Waals surface area (Å²) < 4.78 is 27.4. The summed E-state index contributed by atoms with van der Waals surface area (Å²) in [5.41, 5.74) is 2.93. The Morgan fingerprint density at radius 2 is 1.67 bits per heavy atom. The van der Waals surface area contributed by atoms with Crippen molar-refractivity contribution in [2.24, 2.45) is 5.92 Å². The standard InChI is InChI=1S/C28H31FN4O3/c1-20(2)17-36-28-31-27(25-10-6-7-11-26(25)29)33(32-28)23-14-12-22(13-15-23)30-16-24(34)19-35-18-21-8-4-3-5-9-21/h3-15,20,24,30,34H,16-19H2,1-2H3/t24-/m0/s1. The van der Waals surface area contributed by atoms with E-state index in [-0.39, 0.29) is 18.4 Å². The molecule has 0 fully saturated rings. The highest BCUT2D eigenvalue weighted by Gasteiger charge is 2.18. The van der Waals surface area contributed by atoms with Gasteiger partial charge in [-0.2, -0.15) is 4.98 Å². The fraction of sp³-hybridized carbons (Fsp3) is 0.286. The zero-order valence-electron chi connectivity index (χ0n) is 20.5. The van der Waals surface area contributed by atoms with Crippen molar-refractivity contribution in [3.63, 3.8) is 0 Å². The molecule has 4 rings (SSSR count). The molecule has 0 aliphatic rings. The van der Waals surface area contributed by atoms with Crippen molar-refractivity contribution >= 4 is 5.69 Å². The number of aliphatic hydroxyl groups is 1. The van der Waals surface area contributed by atoms with Gasteiger partial charge in [0.25, 0.3) is 0 Å². The molecular weight excluding hydrogens is 459 g/mol. The van der Waals surface area contributed by atoms with Crippen LogP contribution in [0.3, 0.4) is 0 Å². The van der Waals surface area contributed by atoms with Gasteiger partial charge in [0, 0.05) is 12.2 Å². The highest BCUT2D eigenvalue weighted by Crippen LogP contribution is 2.26. The summed E-state index contributed by atoms with van der Waals surface area (Å²) in [5.74, 6) is 0.278. The molecule has 0 saturated carbocycles. The molecule has 4 aromatic rings. The Morgan fingerprint density at radius 1 is 0.944 bits per heavy atom. The number of hydrogen-bond acceptors (Lipinski definition) is 6. The first kappa shape index (κ1) is 25.3. The molecule has 0 aliphatic heterocycles. The average molecular weight is 491 g/mol. The smallest absolute Gasteiger partial charge is 0.336 e. The topological polar surface area (TPSA) is 81.4 Å². The Labute approximate surface area is 210 Å². The van der Waals surface area contributed by atoms with Crippen LogP contribution in [0.1, 0.15) is 19.4 Å². The summed E-state index contributed by atoms with van der Waals surface area (Å²) >= 11 is 0. The second-order valence-electron chi connectivity index (χ2n) is 8.90. The highest BCUT2D eigenvalue weighted by atomic mass is 19.1. The van der Waals surface area contributed by atoms with Crippen molar-refractivity contribution in [2.45, 2.75) is 26.6 Å². The largest absolute Gasteiger partial charge is 0.462 e. The van der Waals surface area contributed by atoms with Gasteiger partial charge in [-0.1, -0.05) is 56.3 Å². The van der Waals surface area contributed by atoms with Gasteiger partial charge in [0.15, 0.2) is 5.82 Å². The Balaban J connectivity index is 1.40. The van der Waals surface area contributed by atoms with E-state index in [2.05, 4.69) is 15.4 Å². The lowest BCUT2D eigenvalue weighted by atomic mass is 10.2. The Hall–Kier alpha value is -3.75. The summed E-state index contributed by atoms with van der Waals surface area (Å²) in [6.45, 7) is 5.55. The third kappa shape index (κ3) is 6.90. The quantitative estimate of drug-likeness (QED) is 0.288. The van der Waals surface area contributed by atoms with E-state index in [1.165, 1.54) is 6.07 Å². The van der Waals surface area contributed by atoms with Crippen molar-refractivity contribution in [3.05, 3.63) is 90.2 Å². The van der Waals surface area contributed by atoms with Crippen LogP contribution in [0.15, 0.2) is 78.9 Å². The molecule has 0 radical (unpaired) electrons. The minimum absolute atomic E-state index is 0.197. The van der Waals surface area contributed by atoms with E-state index >= 15 is 0 Å². The summed E-state index contributed by atoms with van der Waals surface area (Å²) in [6.07, 6.45) is -0.656. The molecule has 8 heteroatoms. The number of halogens is 1. The summed E-state index contributed by atoms with van der Waals surface area (Å²) in [5, 5.41) is 17.9. The van der Waals surface area contributed by atoms with Gasteiger partial charge in [0.05, 0.1) is 37.2 Å². The maximum Gasteiger partial charge on any atom is 0.336 e. The Kier molecular flexibility index (Phi) is 8.65. The fourth-order valence-corrected chi connectivity index (χ4v) is 3.49. The molecule has 1 atom stereocenters. The zero-order valence-corrected chi connectivity index (χ0v) is 20.5. The van der Waals surface area contributed by atoms with E-state index in [4.69, 9.17) is 9.47 Å². The van der Waals surface area contributed by atoms with E-state index in [9.17, 15) is 9.50 Å². The fourth-order valence-electron chi connectivity index (χ4n) is 3.49. The third-order valence-electron chi connectivity index (χ3n) is 5.32. The van der Waals surface area contributed by atoms with E-state index in [0.717, 1.165) is 11.3 Å². The van der Waals surface area contributed by atoms with E-state index in [0.29, 0.717) is 42.8 Å². The molecule has 3 aromatic carbocycles. The second-order valence-corrected chi connectivity index (χ2v) is 8.90. The van der Waals surface area contributed by atoms with Gasteiger partial charge in [-0.15, -0.1) is 5.10 Å². The number of aromatic nitrogens is 3. The number of nitrogens with one attached hydrogen (secondary N) is 1. The van der Waals surface area contributed by atoms with Gasteiger partial charge >= 0.3 is 6.01 Å². The van der Waals surface area contributed by atoms with Crippen LogP contribution in [-0.2, 0) is 11.3 Å². The summed E-state index contributed by atoms with van der Waals surface area (Å²) in [7, 11) is 0. The van der Waals surface area contributed by atoms with Gasteiger partial charge < -0.3 is 19.9 Å². The molecule has 36 heavy (non-hydrogen) atoms. The number of benzene rings is 3. The van der Waals surface area contributed by atoms with Crippen molar-refractivity contribution in [3.8, 4) is 23.1 Å². The third-order valence-corrected chi connectivity index (χ3v) is 5.32. The van der Waals surface area contributed by atoms with Crippen LogP contribution >= 0.6 is 0 Å². The van der Waals surface area contributed by atoms with E-state index in [1.54, 1.807) is 22.9 Å². The predicted molar refractivity (Wildman–Crippen MR) is 138 cm³/mol. The van der Waals surface area contributed by atoms with Crippen molar-refractivity contribution in [1.29, 1.82) is 0 Å². The molecule has 188 valence electrons. The van der Waals surface area contributed by atoms with Gasteiger partial charge in [-0.25, -0.2) is 9.07 Å². The van der Waals surface area contributed by atoms with E-state index < -0.39 is 6.10 Å². The molecule has 0 saturated heterocycles. The first-order valence-corrected chi connectivity index (χ1v) is 12.0. The van der Waals surface area contributed by atoms with Crippen molar-refractivity contribution in [2.75, 3.05) is 25.1 Å². The number of hydrogen-bond donors (Lipinski definition) is 2. The molecule has 0 bridgehead atoms. The molecule has 0 amide bonds. The Bertz CT molecular complexity index is 1230. The predicted octanol–water partition coefficient (Wildman–Crippen LogP) is 5.10. The lowest BCUT2D eigenvalue weighted by Crippen LogP contribution is -2.24. The SMILES string of the molecule is CC(C)COc1nc(-c2ccccc2F)n(-c2ccc(NC[C@H](O)COCc3ccccc3)cc2)n1. The Morgan fingerprint density at radius 3 is 2.39 bits per heavy atom. The molecule has 2 N–H and O–H groups in total. The second kappa shape index (κ2) is 12.3. The lowest BCUT2D eigenvalue weighted by Gasteiger charge is -2.14. The van der Waals surface area contributed by atoms with Crippen LogP contribution in [0.4, 0.5) is 10.1 Å². The van der Waals surface area contributed by atoms with Gasteiger partial charge in [-0.3, -0.25) is 0 Å². The van der Waals surface area contributed by atoms with Crippen LogP contribution in [0.25, 0.3) is 17.1 Å². The minimum Gasteiger partial charge on any atom is -0.462 e.